The van der Waals surface area contributed by atoms with Gasteiger partial charge in [0, 0.05) is 27.4 Å². The van der Waals surface area contributed by atoms with Gasteiger partial charge in [0.2, 0.25) is 0 Å². The first kappa shape index (κ1) is 29.2. The maximum atomic E-state index is 9.74. The van der Waals surface area contributed by atoms with Gasteiger partial charge in [-0.15, -0.1) is 0 Å². The van der Waals surface area contributed by atoms with Crippen molar-refractivity contribution in [1.82, 2.24) is 0 Å². The predicted molar refractivity (Wildman–Crippen MR) is 23.9 cm³/mol. The third-order valence-electron chi connectivity index (χ3n) is 0. The average Bonchev–Trinajstić information content (AvgIpc) is 1.92. The Hall–Kier alpha value is 0.274. The van der Waals surface area contributed by atoms with Crippen molar-refractivity contribution in [3.8, 4) is 0 Å². The van der Waals surface area contributed by atoms with E-state index >= 15 is 0 Å². The fourth-order valence-electron chi connectivity index (χ4n) is 0. The van der Waals surface area contributed by atoms with Crippen molar-refractivity contribution in [2.24, 2.45) is 0 Å². The maximum Gasteiger partial charge on any atom is 4.00 e. The van der Waals surface area contributed by atoms with Gasteiger partial charge in [-0.1, -0.05) is 0 Å². The third-order valence-corrected chi connectivity index (χ3v) is 0. The molecule has 0 spiro atoms. The Labute approximate surface area is 87.7 Å². The molecule has 0 saturated heterocycles. The summed E-state index contributed by atoms with van der Waals surface area (Å²) in [5.74, 6) is 0. The summed E-state index contributed by atoms with van der Waals surface area (Å²) in [6, 6.07) is 0. The number of hydrogen-bond donors (Lipinski definition) is 0. The Morgan fingerprint density at radius 3 is 0.538 bits per heavy atom. The van der Waals surface area contributed by atoms with Gasteiger partial charge in [-0.25, -0.2) is 0 Å². The molecule has 0 aromatic heterocycles. The molecule has 0 fully saturated rings. The number of hydrogen-bond acceptors (Lipinski definition) is 4. The molecule has 0 atom stereocenters. The smallest absolute Gasteiger partial charge is 0.830 e. The Bertz CT molecular complexity index is 32.1. The Balaban J connectivity index is -0.0000000213. The van der Waals surface area contributed by atoms with Crippen molar-refractivity contribution in [2.75, 3.05) is 27.4 Å². The zero-order valence-electron chi connectivity index (χ0n) is 6.47. The molecule has 0 heterocycles. The zero-order valence-corrected chi connectivity index (χ0v) is 8.03. The van der Waals surface area contributed by atoms with Crippen LogP contribution in [0.15, 0.2) is 0 Å². The molecule has 0 aromatic rings. The van der Waals surface area contributed by atoms with E-state index < -0.39 is 27.4 Å². The molecule has 0 rings (SSSR count). The van der Waals surface area contributed by atoms with E-state index in [9.17, 15) is 17.6 Å². The van der Waals surface area contributed by atoms with Crippen LogP contribution in [0.3, 0.4) is 0 Å². The van der Waals surface area contributed by atoms with Gasteiger partial charge in [-0.05, 0) is 0 Å². The van der Waals surface area contributed by atoms with E-state index in [-0.39, 0.29) is 21.7 Å². The molecule has 0 unspecified atom stereocenters. The quantitative estimate of drug-likeness (QED) is 0.337. The van der Waals surface area contributed by atoms with Gasteiger partial charge in [0.25, 0.3) is 0 Å². The van der Waals surface area contributed by atoms with E-state index in [0.29, 0.717) is 0 Å². The molecule has 0 saturated carbocycles. The van der Waals surface area contributed by atoms with Crippen LogP contribution in [0.25, 0.3) is 0 Å². The van der Waals surface area contributed by atoms with E-state index in [2.05, 4.69) is 0 Å². The molecule has 0 N–H and O–H groups in total. The molecule has 9 heteroatoms. The van der Waals surface area contributed by atoms with Crippen molar-refractivity contribution in [2.45, 2.75) is 0 Å². The normalized spacial score (nSPS) is 5.54. The Kier molecular flexibility index (Phi) is 192. The summed E-state index contributed by atoms with van der Waals surface area (Å²) in [7, 11) is 0. The average molecular weight is 244 g/mol. The molecule has 13 heavy (non-hydrogen) atoms. The van der Waals surface area contributed by atoms with Crippen LogP contribution in [0, 0.1) is 0 Å². The van der Waals surface area contributed by atoms with Crippen molar-refractivity contribution >= 4 is 0 Å². The molecular weight excluding hydrogens is 236 g/mol. The fraction of sp³-hybridized carbons (Fsp3) is 1.00. The second-order valence-corrected chi connectivity index (χ2v) is 0.436. The van der Waals surface area contributed by atoms with Crippen LogP contribution >= 0.6 is 0 Å². The summed E-state index contributed by atoms with van der Waals surface area (Å²) >= 11 is 0. The van der Waals surface area contributed by atoms with Gasteiger partial charge < -0.3 is 20.4 Å². The topological polar surface area (TPSA) is 92.2 Å². The molecule has 80 valence electrons. The molecule has 4 nitrogen and oxygen atoms in total. The largest absolute Gasteiger partial charge is 4.00 e. The molecule has 0 radical (unpaired) electrons. The van der Waals surface area contributed by atoms with Crippen LogP contribution in [-0.2, 0) is 21.7 Å². The Morgan fingerprint density at radius 1 is 0.538 bits per heavy atom. The van der Waals surface area contributed by atoms with Crippen LogP contribution in [0.5, 0.6) is 0 Å². The number of alkyl halides is 4. The molecule has 0 aliphatic rings. The molecule has 0 aromatic carbocycles. The van der Waals surface area contributed by atoms with Crippen molar-refractivity contribution in [3.05, 3.63) is 0 Å². The van der Waals surface area contributed by atoms with Gasteiger partial charge >= 0.3 is 21.7 Å². The standard InChI is InChI=1S/4CH2FO.Ti/c4*2-1-3;/h4*1H2;/q4*-1;+4. The molecule has 0 aliphatic carbocycles. The van der Waals surface area contributed by atoms with Crippen LogP contribution in [0.2, 0.25) is 0 Å². The number of halogens is 4. The summed E-state index contributed by atoms with van der Waals surface area (Å²) < 4.78 is 38.9. The summed E-state index contributed by atoms with van der Waals surface area (Å²) in [4.78, 5) is 0. The molecule has 0 amide bonds. The minimum absolute atomic E-state index is 0. The van der Waals surface area contributed by atoms with Crippen molar-refractivity contribution in [1.29, 1.82) is 0 Å². The van der Waals surface area contributed by atoms with Crippen LogP contribution in [0.4, 0.5) is 17.6 Å². The van der Waals surface area contributed by atoms with Gasteiger partial charge in [0.05, 0.1) is 0 Å². The minimum Gasteiger partial charge on any atom is -0.830 e. The molecular formula is C4H8F4O4Ti. The third kappa shape index (κ3) is 17200. The van der Waals surface area contributed by atoms with Crippen LogP contribution in [0.1, 0.15) is 0 Å². The van der Waals surface area contributed by atoms with Gasteiger partial charge in [0.15, 0.2) is 0 Å². The first-order valence-corrected chi connectivity index (χ1v) is 2.22. The van der Waals surface area contributed by atoms with E-state index in [1.165, 1.54) is 0 Å². The summed E-state index contributed by atoms with van der Waals surface area (Å²) in [6.45, 7) is -6.00. The zero-order chi connectivity index (χ0) is 10.8. The van der Waals surface area contributed by atoms with Crippen molar-refractivity contribution < 1.29 is 59.7 Å². The SMILES string of the molecule is [O-]CF.[O-]CF.[O-]CF.[O-]CF.[Ti+4]. The van der Waals surface area contributed by atoms with E-state index in [0.717, 1.165) is 0 Å². The summed E-state index contributed by atoms with van der Waals surface area (Å²) in [5.41, 5.74) is 0. The van der Waals surface area contributed by atoms with E-state index in [4.69, 9.17) is 20.4 Å². The van der Waals surface area contributed by atoms with Crippen LogP contribution < -0.4 is 20.4 Å². The first-order valence-electron chi connectivity index (χ1n) is 2.22. The van der Waals surface area contributed by atoms with Gasteiger partial charge in [0.1, 0.15) is 0 Å². The predicted octanol–water partition coefficient (Wildman–Crippen LogP) is -2.91. The maximum absolute atomic E-state index is 9.74. The Morgan fingerprint density at radius 2 is 0.538 bits per heavy atom. The summed E-state index contributed by atoms with van der Waals surface area (Å²) in [6.07, 6.45) is 0. The second kappa shape index (κ2) is 85.4. The van der Waals surface area contributed by atoms with E-state index in [1.807, 2.05) is 0 Å². The van der Waals surface area contributed by atoms with Crippen molar-refractivity contribution in [3.63, 3.8) is 0 Å². The molecule has 0 aliphatic heterocycles. The number of rotatable bonds is 0. The minimum atomic E-state index is -1.50. The first-order chi connectivity index (χ1) is 5.66. The molecule has 0 bridgehead atoms. The van der Waals surface area contributed by atoms with Crippen LogP contribution in [-0.4, -0.2) is 27.4 Å². The second-order valence-electron chi connectivity index (χ2n) is 0.436. The monoisotopic (exact) mass is 244 g/mol. The van der Waals surface area contributed by atoms with Gasteiger partial charge in [-0.3, -0.25) is 17.6 Å². The van der Waals surface area contributed by atoms with Gasteiger partial charge in [-0.2, -0.15) is 0 Å². The summed E-state index contributed by atoms with van der Waals surface area (Å²) in [5, 5.41) is 33.1. The van der Waals surface area contributed by atoms with E-state index in [1.54, 1.807) is 0 Å². The fourth-order valence-corrected chi connectivity index (χ4v) is 0.